The zero-order valence-corrected chi connectivity index (χ0v) is 8.91. The number of H-pyrrole nitrogens is 1. The zero-order chi connectivity index (χ0) is 10.8. The van der Waals surface area contributed by atoms with E-state index in [2.05, 4.69) is 15.1 Å². The van der Waals surface area contributed by atoms with Gasteiger partial charge in [0.1, 0.15) is 0 Å². The van der Waals surface area contributed by atoms with Crippen LogP contribution in [0, 0.1) is 0 Å². The number of hydrogen-bond acceptors (Lipinski definition) is 5. The summed E-state index contributed by atoms with van der Waals surface area (Å²) in [6.45, 7) is -0.0630. The molecule has 0 aliphatic carbocycles. The minimum atomic E-state index is -0.207. The van der Waals surface area contributed by atoms with Crippen LogP contribution in [0.2, 0.25) is 0 Å². The molecule has 2 rings (SSSR count). The van der Waals surface area contributed by atoms with Gasteiger partial charge in [0.05, 0.1) is 0 Å². The van der Waals surface area contributed by atoms with Crippen LogP contribution in [0.25, 0.3) is 5.78 Å². The molecule has 0 aromatic carbocycles. The normalized spacial score (nSPS) is 11.1. The molecule has 0 saturated carbocycles. The van der Waals surface area contributed by atoms with Gasteiger partial charge >= 0.3 is 0 Å². The van der Waals surface area contributed by atoms with Gasteiger partial charge in [0.2, 0.25) is 0 Å². The monoisotopic (exact) mass is 226 g/mol. The number of nitrogens with one attached hydrogen (secondary N) is 1. The lowest BCUT2D eigenvalue weighted by molar-refractivity contribution is 0.299. The van der Waals surface area contributed by atoms with Gasteiger partial charge in [0.15, 0.2) is 5.16 Å². The van der Waals surface area contributed by atoms with Gasteiger partial charge in [0, 0.05) is 24.8 Å². The van der Waals surface area contributed by atoms with Crippen molar-refractivity contribution < 1.29 is 5.11 Å². The first-order valence-electron chi connectivity index (χ1n) is 4.37. The third-order valence-electron chi connectivity index (χ3n) is 2.00. The Balaban J connectivity index is 2.62. The summed E-state index contributed by atoms with van der Waals surface area (Å²) in [6.07, 6.45) is 3.62. The summed E-state index contributed by atoms with van der Waals surface area (Å²) < 4.78 is 1.29. The number of thioether (sulfide) groups is 1. The van der Waals surface area contributed by atoms with Crippen molar-refractivity contribution in [1.29, 1.82) is 0 Å². The molecule has 2 aromatic rings. The molecule has 15 heavy (non-hydrogen) atoms. The fourth-order valence-electron chi connectivity index (χ4n) is 1.26. The first-order valence-corrected chi connectivity index (χ1v) is 5.60. The van der Waals surface area contributed by atoms with Gasteiger partial charge in [-0.25, -0.2) is 4.98 Å². The number of aliphatic hydroxyl groups is 1. The molecular formula is C8H10N4O2S. The lowest BCUT2D eigenvalue weighted by Crippen LogP contribution is -2.20. The Labute approximate surface area is 89.4 Å². The van der Waals surface area contributed by atoms with E-state index in [9.17, 15) is 4.79 Å². The molecule has 0 atom stereocenters. The molecule has 2 aromatic heterocycles. The quantitative estimate of drug-likeness (QED) is 0.700. The van der Waals surface area contributed by atoms with Crippen LogP contribution in [0.1, 0.15) is 5.56 Å². The molecule has 80 valence electrons. The second kappa shape index (κ2) is 4.03. The summed E-state index contributed by atoms with van der Waals surface area (Å²) in [4.78, 5) is 19.9. The van der Waals surface area contributed by atoms with Crippen molar-refractivity contribution in [3.63, 3.8) is 0 Å². The Kier molecular flexibility index (Phi) is 2.74. The Hall–Kier alpha value is -1.34. The van der Waals surface area contributed by atoms with Crippen LogP contribution < -0.4 is 5.56 Å². The molecule has 7 heteroatoms. The maximum Gasteiger partial charge on any atom is 0.277 e. The number of rotatable bonds is 3. The molecule has 2 N–H and O–H groups in total. The first-order chi connectivity index (χ1) is 7.26. The lowest BCUT2D eigenvalue weighted by atomic mass is 10.2. The first kappa shape index (κ1) is 10.2. The molecule has 0 amide bonds. The fraction of sp³-hybridized carbons (Fsp3) is 0.375. The van der Waals surface area contributed by atoms with Crippen molar-refractivity contribution in [3.8, 4) is 0 Å². The number of aromatic nitrogens is 4. The predicted molar refractivity (Wildman–Crippen MR) is 56.2 cm³/mol. The van der Waals surface area contributed by atoms with E-state index in [1.54, 1.807) is 0 Å². The van der Waals surface area contributed by atoms with Gasteiger partial charge in [0.25, 0.3) is 11.3 Å². The SMILES string of the molecule is CSc1nc2ncc(CCO)c(=O)n2[nH]1. The Bertz CT molecular complexity index is 533. The van der Waals surface area contributed by atoms with Crippen molar-refractivity contribution in [1.82, 2.24) is 19.6 Å². The van der Waals surface area contributed by atoms with Crippen molar-refractivity contribution in [2.75, 3.05) is 12.9 Å². The lowest BCUT2D eigenvalue weighted by Gasteiger charge is -1.96. The standard InChI is InChI=1S/C8H10N4O2S/c1-15-8-10-7-9-4-5(2-3-13)6(14)12(7)11-8/h4,13H,2-3H2,1H3,(H,9,10,11). The van der Waals surface area contributed by atoms with Crippen LogP contribution in [0.15, 0.2) is 16.1 Å². The highest BCUT2D eigenvalue weighted by Gasteiger charge is 2.08. The highest BCUT2D eigenvalue weighted by atomic mass is 32.2. The summed E-state index contributed by atoms with van der Waals surface area (Å²) in [5, 5.41) is 12.2. The highest BCUT2D eigenvalue weighted by molar-refractivity contribution is 7.98. The second-order valence-electron chi connectivity index (χ2n) is 2.93. The summed E-state index contributed by atoms with van der Waals surface area (Å²) in [6, 6.07) is 0. The zero-order valence-electron chi connectivity index (χ0n) is 8.10. The summed E-state index contributed by atoms with van der Waals surface area (Å²) in [7, 11) is 0. The number of fused-ring (bicyclic) bond motifs is 1. The van der Waals surface area contributed by atoms with Gasteiger partial charge < -0.3 is 5.11 Å². The van der Waals surface area contributed by atoms with E-state index >= 15 is 0 Å². The van der Waals surface area contributed by atoms with Crippen LogP contribution in [-0.2, 0) is 6.42 Å². The number of aliphatic hydroxyl groups excluding tert-OH is 1. The minimum absolute atomic E-state index is 0.0630. The third kappa shape index (κ3) is 1.75. The Morgan fingerprint density at radius 3 is 3.13 bits per heavy atom. The van der Waals surface area contributed by atoms with Gasteiger partial charge in [-0.3, -0.25) is 9.89 Å². The molecule has 2 heterocycles. The van der Waals surface area contributed by atoms with Crippen LogP contribution in [-0.4, -0.2) is 37.6 Å². The average Bonchev–Trinajstić information content (AvgIpc) is 2.66. The number of nitrogens with zero attached hydrogens (tertiary/aromatic N) is 3. The number of aromatic amines is 1. The maximum atomic E-state index is 11.8. The predicted octanol–water partition coefficient (Wildman–Crippen LogP) is -0.326. The maximum absolute atomic E-state index is 11.8. The topological polar surface area (TPSA) is 83.3 Å². The van der Waals surface area contributed by atoms with E-state index in [0.717, 1.165) is 0 Å². The molecule has 0 spiro atoms. The molecule has 0 aliphatic heterocycles. The van der Waals surface area contributed by atoms with E-state index < -0.39 is 0 Å². The van der Waals surface area contributed by atoms with Crippen LogP contribution in [0.5, 0.6) is 0 Å². The Morgan fingerprint density at radius 2 is 2.47 bits per heavy atom. The minimum Gasteiger partial charge on any atom is -0.396 e. The largest absolute Gasteiger partial charge is 0.396 e. The van der Waals surface area contributed by atoms with Crippen LogP contribution >= 0.6 is 11.8 Å². The van der Waals surface area contributed by atoms with E-state index in [1.807, 2.05) is 6.26 Å². The summed E-state index contributed by atoms with van der Waals surface area (Å²) in [5.41, 5.74) is 0.271. The summed E-state index contributed by atoms with van der Waals surface area (Å²) in [5.74, 6) is 0.353. The van der Waals surface area contributed by atoms with Gasteiger partial charge in [-0.1, -0.05) is 11.8 Å². The van der Waals surface area contributed by atoms with Crippen molar-refractivity contribution in [2.45, 2.75) is 11.6 Å². The van der Waals surface area contributed by atoms with E-state index in [-0.39, 0.29) is 12.2 Å². The highest BCUT2D eigenvalue weighted by Crippen LogP contribution is 2.07. The molecule has 0 radical (unpaired) electrons. The molecule has 0 bridgehead atoms. The summed E-state index contributed by atoms with van der Waals surface area (Å²) >= 11 is 1.41. The van der Waals surface area contributed by atoms with Crippen LogP contribution in [0.4, 0.5) is 0 Å². The second-order valence-corrected chi connectivity index (χ2v) is 3.73. The third-order valence-corrected chi connectivity index (χ3v) is 2.57. The molecule has 0 unspecified atom stereocenters. The molecule has 0 saturated heterocycles. The van der Waals surface area contributed by atoms with Crippen molar-refractivity contribution in [3.05, 3.63) is 22.1 Å². The van der Waals surface area contributed by atoms with E-state index in [0.29, 0.717) is 22.9 Å². The molecular weight excluding hydrogens is 216 g/mol. The fourth-order valence-corrected chi connectivity index (χ4v) is 1.61. The molecule has 0 aliphatic rings. The molecule has 6 nitrogen and oxygen atoms in total. The Morgan fingerprint density at radius 1 is 1.67 bits per heavy atom. The van der Waals surface area contributed by atoms with E-state index in [4.69, 9.17) is 5.11 Å². The van der Waals surface area contributed by atoms with Gasteiger partial charge in [-0.15, -0.1) is 0 Å². The average molecular weight is 226 g/mol. The smallest absolute Gasteiger partial charge is 0.277 e. The molecule has 0 fully saturated rings. The van der Waals surface area contributed by atoms with Crippen molar-refractivity contribution in [2.24, 2.45) is 0 Å². The van der Waals surface area contributed by atoms with E-state index in [1.165, 1.54) is 22.5 Å². The van der Waals surface area contributed by atoms with Crippen LogP contribution in [0.3, 0.4) is 0 Å². The van der Waals surface area contributed by atoms with Gasteiger partial charge in [-0.05, 0) is 6.26 Å². The van der Waals surface area contributed by atoms with Crippen molar-refractivity contribution >= 4 is 17.5 Å². The van der Waals surface area contributed by atoms with Gasteiger partial charge in [-0.2, -0.15) is 9.50 Å². The number of hydrogen-bond donors (Lipinski definition) is 2.